The molecule has 1 rings (SSSR count). The van der Waals surface area contributed by atoms with Gasteiger partial charge in [-0.05, 0) is 38.5 Å². The van der Waals surface area contributed by atoms with Crippen LogP contribution in [0.2, 0.25) is 0 Å². The van der Waals surface area contributed by atoms with Gasteiger partial charge in [-0.3, -0.25) is 18.6 Å². The second-order valence-corrected chi connectivity index (χ2v) is 19.4. The second kappa shape index (κ2) is 39.7. The third-order valence-corrected chi connectivity index (χ3v) is 13.1. The van der Waals surface area contributed by atoms with E-state index in [1.165, 1.54) is 141 Å². The third-order valence-electron chi connectivity index (χ3n) is 12.1. The highest BCUT2D eigenvalue weighted by molar-refractivity contribution is 7.47. The van der Waals surface area contributed by atoms with Gasteiger partial charge in [0, 0.05) is 12.8 Å². The van der Waals surface area contributed by atoms with Crippen molar-refractivity contribution in [3.05, 3.63) is 12.2 Å². The molecule has 6 unspecified atom stereocenters. The van der Waals surface area contributed by atoms with Gasteiger partial charge in [0.25, 0.3) is 0 Å². The fourth-order valence-corrected chi connectivity index (χ4v) is 8.96. The number of aliphatic hydroxyl groups excluding tert-OH is 5. The van der Waals surface area contributed by atoms with E-state index >= 15 is 0 Å². The number of aliphatic hydroxyl groups is 5. The van der Waals surface area contributed by atoms with Crippen LogP contribution in [0, 0.1) is 0 Å². The smallest absolute Gasteiger partial charge is 0.462 e. The summed E-state index contributed by atoms with van der Waals surface area (Å²) in [4.78, 5) is 35.8. The fraction of sp³-hybridized carbons (Fsp3) is 0.918. The Hall–Kier alpha value is -1.41. The zero-order valence-corrected chi connectivity index (χ0v) is 40.5. The molecule has 372 valence electrons. The molecular weight excluding hydrogens is 828 g/mol. The SMILES string of the molecule is CCCCCCCCC/C=C\CCCCCCCCCC(=O)OC(COC(=O)CCCCCCCCCCCCCCCCCC)COP(=O)(O)OC1C(O)C(O)C(O)C(O)C1O. The van der Waals surface area contributed by atoms with E-state index in [0.29, 0.717) is 12.8 Å². The van der Waals surface area contributed by atoms with E-state index in [-0.39, 0.29) is 12.8 Å². The van der Waals surface area contributed by atoms with Gasteiger partial charge in [-0.2, -0.15) is 0 Å². The molecule has 0 amide bonds. The van der Waals surface area contributed by atoms with Crippen LogP contribution in [0.5, 0.6) is 0 Å². The third kappa shape index (κ3) is 32.0. The summed E-state index contributed by atoms with van der Waals surface area (Å²) in [6, 6.07) is 0. The lowest BCUT2D eigenvalue weighted by Crippen LogP contribution is -2.64. The number of ether oxygens (including phenoxy) is 2. The average Bonchev–Trinajstić information content (AvgIpc) is 3.26. The lowest BCUT2D eigenvalue weighted by atomic mass is 9.85. The Bertz CT molecular complexity index is 1160. The molecule has 6 atom stereocenters. The van der Waals surface area contributed by atoms with Gasteiger partial charge in [-0.25, -0.2) is 4.57 Å². The van der Waals surface area contributed by atoms with Gasteiger partial charge in [0.05, 0.1) is 6.61 Å². The lowest BCUT2D eigenvalue weighted by Gasteiger charge is -2.41. The first-order chi connectivity index (χ1) is 30.4. The fourth-order valence-electron chi connectivity index (χ4n) is 7.99. The van der Waals surface area contributed by atoms with Crippen LogP contribution in [0.4, 0.5) is 0 Å². The first kappa shape index (κ1) is 59.6. The zero-order chi connectivity index (χ0) is 46.4. The molecule has 14 heteroatoms. The van der Waals surface area contributed by atoms with Gasteiger partial charge in [-0.15, -0.1) is 0 Å². The van der Waals surface area contributed by atoms with Crippen LogP contribution in [0.15, 0.2) is 12.2 Å². The Morgan fingerprint density at radius 3 is 1.21 bits per heavy atom. The van der Waals surface area contributed by atoms with E-state index in [2.05, 4.69) is 26.0 Å². The number of esters is 2. The summed E-state index contributed by atoms with van der Waals surface area (Å²) in [5, 5.41) is 50.2. The summed E-state index contributed by atoms with van der Waals surface area (Å²) < 4.78 is 33.6. The Morgan fingerprint density at radius 2 is 0.810 bits per heavy atom. The van der Waals surface area contributed by atoms with Crippen molar-refractivity contribution >= 4 is 19.8 Å². The molecule has 0 bridgehead atoms. The molecule has 0 aliphatic heterocycles. The molecule has 1 aliphatic carbocycles. The standard InChI is InChI=1S/C49H93O13P/c1-3-5-7-9-11-13-15-17-19-21-22-24-26-28-30-32-34-36-38-43(51)61-41(40-60-63(57,58)62-49-47(55)45(53)44(52)46(54)48(49)56)39-59-42(50)37-35-33-31-29-27-25-23-20-18-16-14-12-10-8-6-4-2/h19,21,41,44-49,52-56H,3-18,20,22-40H2,1-2H3,(H,57,58)/b21-19-. The highest BCUT2D eigenvalue weighted by atomic mass is 31.2. The molecule has 0 aromatic rings. The summed E-state index contributed by atoms with van der Waals surface area (Å²) in [5.74, 6) is -1.09. The number of phosphoric acid groups is 1. The Kier molecular flexibility index (Phi) is 37.6. The quantitative estimate of drug-likeness (QED) is 0.0146. The van der Waals surface area contributed by atoms with E-state index in [1.54, 1.807) is 0 Å². The number of carbonyl (C=O) groups excluding carboxylic acids is 2. The van der Waals surface area contributed by atoms with Gasteiger partial charge in [0.15, 0.2) is 6.10 Å². The first-order valence-corrected chi connectivity index (χ1v) is 27.0. The maximum Gasteiger partial charge on any atom is 0.472 e. The predicted molar refractivity (Wildman–Crippen MR) is 249 cm³/mol. The van der Waals surface area contributed by atoms with Crippen LogP contribution in [-0.2, 0) is 32.7 Å². The Balaban J connectivity index is 2.40. The molecule has 13 nitrogen and oxygen atoms in total. The van der Waals surface area contributed by atoms with Crippen LogP contribution in [0.3, 0.4) is 0 Å². The van der Waals surface area contributed by atoms with E-state index in [4.69, 9.17) is 18.5 Å². The van der Waals surface area contributed by atoms with Crippen LogP contribution in [0.1, 0.15) is 232 Å². The molecule has 0 radical (unpaired) electrons. The molecule has 0 spiro atoms. The number of carbonyl (C=O) groups is 2. The van der Waals surface area contributed by atoms with E-state index in [9.17, 15) is 44.6 Å². The molecular formula is C49H93O13P. The van der Waals surface area contributed by atoms with Crippen molar-refractivity contribution in [1.82, 2.24) is 0 Å². The highest BCUT2D eigenvalue weighted by Gasteiger charge is 2.51. The number of unbranched alkanes of at least 4 members (excludes halogenated alkanes) is 29. The number of rotatable bonds is 43. The average molecular weight is 921 g/mol. The van der Waals surface area contributed by atoms with Gasteiger partial charge in [0.1, 0.15) is 43.2 Å². The molecule has 0 saturated heterocycles. The predicted octanol–water partition coefficient (Wildman–Crippen LogP) is 10.6. The summed E-state index contributed by atoms with van der Waals surface area (Å²) >= 11 is 0. The maximum atomic E-state index is 12.8. The molecule has 1 fully saturated rings. The molecule has 6 N–H and O–H groups in total. The Morgan fingerprint density at radius 1 is 0.476 bits per heavy atom. The number of allylic oxidation sites excluding steroid dienone is 2. The number of phosphoric ester groups is 1. The first-order valence-electron chi connectivity index (χ1n) is 25.5. The van der Waals surface area contributed by atoms with Crippen molar-refractivity contribution in [2.45, 2.75) is 275 Å². The van der Waals surface area contributed by atoms with Crippen molar-refractivity contribution in [3.8, 4) is 0 Å². The molecule has 63 heavy (non-hydrogen) atoms. The van der Waals surface area contributed by atoms with Crippen LogP contribution in [-0.4, -0.2) is 98.3 Å². The summed E-state index contributed by atoms with van der Waals surface area (Å²) in [7, 11) is -5.12. The maximum absolute atomic E-state index is 12.8. The van der Waals surface area contributed by atoms with Crippen molar-refractivity contribution in [2.75, 3.05) is 13.2 Å². The zero-order valence-electron chi connectivity index (χ0n) is 39.6. The minimum Gasteiger partial charge on any atom is -0.462 e. The monoisotopic (exact) mass is 921 g/mol. The van der Waals surface area contributed by atoms with Crippen molar-refractivity contribution in [1.29, 1.82) is 0 Å². The Labute approximate surface area is 382 Å². The van der Waals surface area contributed by atoms with Gasteiger partial charge in [0.2, 0.25) is 0 Å². The lowest BCUT2D eigenvalue weighted by molar-refractivity contribution is -0.220. The van der Waals surface area contributed by atoms with Gasteiger partial charge < -0.3 is 39.9 Å². The van der Waals surface area contributed by atoms with Crippen LogP contribution in [0.25, 0.3) is 0 Å². The number of hydrogen-bond acceptors (Lipinski definition) is 12. The van der Waals surface area contributed by atoms with E-state index < -0.39 is 75.7 Å². The normalized spacial score (nSPS) is 21.7. The van der Waals surface area contributed by atoms with Crippen LogP contribution >= 0.6 is 7.82 Å². The molecule has 1 aliphatic rings. The second-order valence-electron chi connectivity index (χ2n) is 18.0. The summed E-state index contributed by atoms with van der Waals surface area (Å²) in [6.07, 6.45) is 29.7. The van der Waals surface area contributed by atoms with Crippen molar-refractivity contribution in [3.63, 3.8) is 0 Å². The molecule has 0 aromatic heterocycles. The highest BCUT2D eigenvalue weighted by Crippen LogP contribution is 2.47. The molecule has 0 heterocycles. The topological polar surface area (TPSA) is 210 Å². The number of hydrogen-bond donors (Lipinski definition) is 6. The summed E-state index contributed by atoms with van der Waals surface area (Å²) in [6.45, 7) is 3.33. The van der Waals surface area contributed by atoms with E-state index in [0.717, 1.165) is 51.4 Å². The van der Waals surface area contributed by atoms with Gasteiger partial charge in [-0.1, -0.05) is 193 Å². The minimum absolute atomic E-state index is 0.0963. The van der Waals surface area contributed by atoms with Crippen molar-refractivity contribution in [2.24, 2.45) is 0 Å². The largest absolute Gasteiger partial charge is 0.472 e. The molecule has 1 saturated carbocycles. The minimum atomic E-state index is -5.12. The van der Waals surface area contributed by atoms with Crippen LogP contribution < -0.4 is 0 Å². The van der Waals surface area contributed by atoms with E-state index in [1.807, 2.05) is 0 Å². The van der Waals surface area contributed by atoms with Gasteiger partial charge >= 0.3 is 19.8 Å². The summed E-state index contributed by atoms with van der Waals surface area (Å²) in [5.41, 5.74) is 0. The van der Waals surface area contributed by atoms with Crippen molar-refractivity contribution < 1.29 is 63.1 Å². The molecule has 0 aromatic carbocycles.